The fourth-order valence-corrected chi connectivity index (χ4v) is 3.35. The maximum Gasteiger partial charge on any atom is 0.234 e. The quantitative estimate of drug-likeness (QED) is 0.750. The summed E-state index contributed by atoms with van der Waals surface area (Å²) in [6.45, 7) is 4.60. The van der Waals surface area contributed by atoms with Crippen LogP contribution in [0.15, 0.2) is 53.1 Å². The molecule has 0 unspecified atom stereocenters. The van der Waals surface area contributed by atoms with Gasteiger partial charge in [0.25, 0.3) is 0 Å². The van der Waals surface area contributed by atoms with E-state index in [1.807, 2.05) is 49.4 Å². The van der Waals surface area contributed by atoms with Gasteiger partial charge in [-0.25, -0.2) is 0 Å². The Morgan fingerprint density at radius 1 is 1.35 bits per heavy atom. The maximum absolute atomic E-state index is 12.3. The van der Waals surface area contributed by atoms with Crippen LogP contribution in [-0.2, 0) is 16.1 Å². The molecule has 2 aromatic rings. The second kappa shape index (κ2) is 9.26. The van der Waals surface area contributed by atoms with Gasteiger partial charge in [0.1, 0.15) is 0 Å². The van der Waals surface area contributed by atoms with E-state index in [1.165, 1.54) is 0 Å². The standard InChI is InChI=1S/C20H24BrN3O2/c1-15(16-5-7-17(21)8-6-16)23-20(25)13-24-11-9-19(12-24)26-14-18-4-2-3-10-22-18/h2-8,10,15,19H,9,11-14H2,1H3,(H,23,25)/t15-,19-/m0/s1. The molecule has 1 aliphatic rings. The lowest BCUT2D eigenvalue weighted by atomic mass is 10.1. The van der Waals surface area contributed by atoms with Crippen LogP contribution in [-0.4, -0.2) is 41.5 Å². The van der Waals surface area contributed by atoms with E-state index in [4.69, 9.17) is 4.74 Å². The van der Waals surface area contributed by atoms with E-state index in [0.717, 1.165) is 35.2 Å². The SMILES string of the molecule is C[C@H](NC(=O)CN1CC[C@H](OCc2ccccn2)C1)c1ccc(Br)cc1. The van der Waals surface area contributed by atoms with Crippen LogP contribution in [0.25, 0.3) is 0 Å². The van der Waals surface area contributed by atoms with Crippen LogP contribution in [0, 0.1) is 0 Å². The molecule has 0 aliphatic carbocycles. The van der Waals surface area contributed by atoms with Crippen LogP contribution in [0.1, 0.15) is 30.6 Å². The van der Waals surface area contributed by atoms with E-state index in [1.54, 1.807) is 6.20 Å². The highest BCUT2D eigenvalue weighted by molar-refractivity contribution is 9.10. The van der Waals surface area contributed by atoms with Crippen molar-refractivity contribution in [2.45, 2.75) is 32.1 Å². The summed E-state index contributed by atoms with van der Waals surface area (Å²) in [5, 5.41) is 3.07. The lowest BCUT2D eigenvalue weighted by molar-refractivity contribution is -0.122. The molecule has 2 atom stereocenters. The molecule has 1 saturated heterocycles. The highest BCUT2D eigenvalue weighted by Gasteiger charge is 2.25. The Morgan fingerprint density at radius 2 is 2.15 bits per heavy atom. The molecule has 1 aliphatic heterocycles. The van der Waals surface area contributed by atoms with Gasteiger partial charge in [0, 0.05) is 23.8 Å². The summed E-state index contributed by atoms with van der Waals surface area (Å²) in [5.74, 6) is 0.0470. The van der Waals surface area contributed by atoms with Gasteiger partial charge in [0.2, 0.25) is 5.91 Å². The predicted octanol–water partition coefficient (Wildman–Crippen LogP) is 3.31. The van der Waals surface area contributed by atoms with E-state index in [9.17, 15) is 4.79 Å². The molecular weight excluding hydrogens is 394 g/mol. The fraction of sp³-hybridized carbons (Fsp3) is 0.400. The number of amides is 1. The summed E-state index contributed by atoms with van der Waals surface area (Å²) in [6, 6.07) is 13.8. The summed E-state index contributed by atoms with van der Waals surface area (Å²) in [4.78, 5) is 18.7. The highest BCUT2D eigenvalue weighted by atomic mass is 79.9. The average Bonchev–Trinajstić information content (AvgIpc) is 3.08. The zero-order valence-electron chi connectivity index (χ0n) is 14.9. The minimum absolute atomic E-state index is 0.00518. The van der Waals surface area contributed by atoms with Crippen LogP contribution < -0.4 is 5.32 Å². The number of aromatic nitrogens is 1. The molecule has 0 saturated carbocycles. The predicted molar refractivity (Wildman–Crippen MR) is 105 cm³/mol. The minimum atomic E-state index is -0.00518. The smallest absolute Gasteiger partial charge is 0.234 e. The maximum atomic E-state index is 12.3. The Balaban J connectivity index is 1.40. The number of hydrogen-bond donors (Lipinski definition) is 1. The Hall–Kier alpha value is -1.76. The van der Waals surface area contributed by atoms with Crippen LogP contribution >= 0.6 is 15.9 Å². The molecule has 1 fully saturated rings. The van der Waals surface area contributed by atoms with Crippen molar-refractivity contribution in [1.29, 1.82) is 0 Å². The van der Waals surface area contributed by atoms with Crippen molar-refractivity contribution in [1.82, 2.24) is 15.2 Å². The van der Waals surface area contributed by atoms with Crippen molar-refractivity contribution in [3.8, 4) is 0 Å². The first-order valence-electron chi connectivity index (χ1n) is 8.89. The lowest BCUT2D eigenvalue weighted by Gasteiger charge is -2.19. The zero-order chi connectivity index (χ0) is 18.4. The fourth-order valence-electron chi connectivity index (χ4n) is 3.09. The van der Waals surface area contributed by atoms with E-state index in [2.05, 4.69) is 31.1 Å². The molecule has 5 nitrogen and oxygen atoms in total. The van der Waals surface area contributed by atoms with Gasteiger partial charge in [-0.2, -0.15) is 0 Å². The van der Waals surface area contributed by atoms with Gasteiger partial charge >= 0.3 is 0 Å². The number of nitrogens with zero attached hydrogens (tertiary/aromatic N) is 2. The summed E-state index contributed by atoms with van der Waals surface area (Å²) in [7, 11) is 0. The molecule has 0 spiro atoms. The van der Waals surface area contributed by atoms with Crippen molar-refractivity contribution >= 4 is 21.8 Å². The van der Waals surface area contributed by atoms with E-state index in [-0.39, 0.29) is 18.1 Å². The molecule has 1 aromatic carbocycles. The lowest BCUT2D eigenvalue weighted by Crippen LogP contribution is -2.37. The van der Waals surface area contributed by atoms with Crippen LogP contribution in [0.4, 0.5) is 0 Å². The minimum Gasteiger partial charge on any atom is -0.371 e. The van der Waals surface area contributed by atoms with Crippen LogP contribution in [0.2, 0.25) is 0 Å². The average molecular weight is 418 g/mol. The molecule has 3 rings (SSSR count). The van der Waals surface area contributed by atoms with Gasteiger partial charge in [-0.1, -0.05) is 34.1 Å². The number of pyridine rings is 1. The molecule has 1 amide bonds. The number of benzene rings is 1. The topological polar surface area (TPSA) is 54.5 Å². The third-order valence-corrected chi connectivity index (χ3v) is 5.07. The summed E-state index contributed by atoms with van der Waals surface area (Å²) < 4.78 is 6.96. The van der Waals surface area contributed by atoms with Gasteiger partial charge in [0.15, 0.2) is 0 Å². The van der Waals surface area contributed by atoms with Gasteiger partial charge in [-0.05, 0) is 43.2 Å². The summed E-state index contributed by atoms with van der Waals surface area (Å²) in [5.41, 5.74) is 2.03. The normalized spacial score (nSPS) is 18.6. The largest absolute Gasteiger partial charge is 0.371 e. The van der Waals surface area contributed by atoms with Gasteiger partial charge in [-0.15, -0.1) is 0 Å². The number of halogens is 1. The van der Waals surface area contributed by atoms with Gasteiger partial charge < -0.3 is 10.1 Å². The molecule has 26 heavy (non-hydrogen) atoms. The number of nitrogens with one attached hydrogen (secondary N) is 1. The second-order valence-electron chi connectivity index (χ2n) is 6.62. The van der Waals surface area contributed by atoms with Gasteiger partial charge in [-0.3, -0.25) is 14.7 Å². The number of likely N-dealkylation sites (tertiary alicyclic amines) is 1. The number of rotatable bonds is 7. The molecule has 1 N–H and O–H groups in total. The molecule has 2 heterocycles. The number of carbonyl (C=O) groups is 1. The molecule has 138 valence electrons. The van der Waals surface area contributed by atoms with Crippen molar-refractivity contribution in [3.63, 3.8) is 0 Å². The monoisotopic (exact) mass is 417 g/mol. The molecule has 6 heteroatoms. The van der Waals surface area contributed by atoms with E-state index < -0.39 is 0 Å². The summed E-state index contributed by atoms with van der Waals surface area (Å²) in [6.07, 6.45) is 2.88. The third-order valence-electron chi connectivity index (χ3n) is 4.54. The van der Waals surface area contributed by atoms with Gasteiger partial charge in [0.05, 0.1) is 31.0 Å². The van der Waals surface area contributed by atoms with E-state index >= 15 is 0 Å². The Bertz CT molecular complexity index is 709. The van der Waals surface area contributed by atoms with Crippen LogP contribution in [0.3, 0.4) is 0 Å². The number of carbonyl (C=O) groups excluding carboxylic acids is 1. The Morgan fingerprint density at radius 3 is 2.88 bits per heavy atom. The second-order valence-corrected chi connectivity index (χ2v) is 7.53. The molecule has 0 radical (unpaired) electrons. The number of hydrogen-bond acceptors (Lipinski definition) is 4. The molecule has 0 bridgehead atoms. The zero-order valence-corrected chi connectivity index (χ0v) is 16.5. The van der Waals surface area contributed by atoms with Crippen molar-refractivity contribution in [3.05, 3.63) is 64.4 Å². The third kappa shape index (κ3) is 5.62. The molecular formula is C20H24BrN3O2. The van der Waals surface area contributed by atoms with E-state index in [0.29, 0.717) is 13.2 Å². The Labute approximate surface area is 162 Å². The van der Waals surface area contributed by atoms with Crippen molar-refractivity contribution < 1.29 is 9.53 Å². The highest BCUT2D eigenvalue weighted by Crippen LogP contribution is 2.17. The first-order chi connectivity index (χ1) is 12.6. The van der Waals surface area contributed by atoms with Crippen molar-refractivity contribution in [2.75, 3.05) is 19.6 Å². The first-order valence-corrected chi connectivity index (χ1v) is 9.68. The first kappa shape index (κ1) is 19.0. The van der Waals surface area contributed by atoms with Crippen molar-refractivity contribution in [2.24, 2.45) is 0 Å². The summed E-state index contributed by atoms with van der Waals surface area (Å²) >= 11 is 3.43. The Kier molecular flexibility index (Phi) is 6.77. The van der Waals surface area contributed by atoms with Crippen LogP contribution in [0.5, 0.6) is 0 Å². The molecule has 1 aromatic heterocycles. The number of ether oxygens (including phenoxy) is 1.